The Labute approximate surface area is 156 Å². The molecule has 0 aliphatic rings. The van der Waals surface area contributed by atoms with Crippen molar-refractivity contribution >= 4 is 5.97 Å². The molecule has 0 saturated heterocycles. The second-order valence-corrected chi connectivity index (χ2v) is 7.68. The number of rotatable bonds is 20. The largest absolute Gasteiger partial charge is 0.481 e. The number of hydrogen-bond donors (Lipinski definition) is 2. The van der Waals surface area contributed by atoms with Gasteiger partial charge in [-0.3, -0.25) is 4.79 Å². The number of carboxylic acids is 1. The predicted molar refractivity (Wildman–Crippen MR) is 107 cm³/mol. The van der Waals surface area contributed by atoms with Gasteiger partial charge in [0.1, 0.15) is 0 Å². The molecule has 0 aromatic heterocycles. The zero-order valence-electron chi connectivity index (χ0n) is 16.8. The summed E-state index contributed by atoms with van der Waals surface area (Å²) in [6.45, 7) is 2.27. The third kappa shape index (κ3) is 21.4. The van der Waals surface area contributed by atoms with Crippen LogP contribution in [0.1, 0.15) is 129 Å². The van der Waals surface area contributed by atoms with Crippen molar-refractivity contribution < 1.29 is 15.0 Å². The topological polar surface area (TPSA) is 57.5 Å². The van der Waals surface area contributed by atoms with Crippen molar-refractivity contribution in [3.63, 3.8) is 0 Å². The molecule has 25 heavy (non-hydrogen) atoms. The molecule has 150 valence electrons. The van der Waals surface area contributed by atoms with E-state index in [0.717, 1.165) is 12.8 Å². The fourth-order valence-electron chi connectivity index (χ4n) is 3.38. The molecule has 0 fully saturated rings. The number of aliphatic hydroxyl groups excluding tert-OH is 1. The fourth-order valence-corrected chi connectivity index (χ4v) is 3.38. The second kappa shape index (κ2) is 19.8. The van der Waals surface area contributed by atoms with Gasteiger partial charge in [-0.1, -0.05) is 103 Å². The van der Waals surface area contributed by atoms with Gasteiger partial charge in [-0.05, 0) is 19.3 Å². The van der Waals surface area contributed by atoms with E-state index in [0.29, 0.717) is 12.8 Å². The molecule has 0 heterocycles. The summed E-state index contributed by atoms with van der Waals surface area (Å²) < 4.78 is 0. The molecule has 0 amide bonds. The van der Waals surface area contributed by atoms with Crippen molar-refractivity contribution in [1.82, 2.24) is 0 Å². The van der Waals surface area contributed by atoms with Crippen LogP contribution < -0.4 is 0 Å². The van der Waals surface area contributed by atoms with Crippen LogP contribution in [0.2, 0.25) is 0 Å². The number of aliphatic hydroxyl groups is 1. The lowest BCUT2D eigenvalue weighted by Crippen LogP contribution is -2.07. The van der Waals surface area contributed by atoms with Crippen molar-refractivity contribution in [1.29, 1.82) is 0 Å². The van der Waals surface area contributed by atoms with Crippen LogP contribution in [0.3, 0.4) is 0 Å². The number of carbonyl (C=O) groups is 1. The maximum Gasteiger partial charge on any atom is 0.303 e. The normalized spacial score (nSPS) is 12.4. The fraction of sp³-hybridized carbons (Fsp3) is 0.955. The highest BCUT2D eigenvalue weighted by molar-refractivity contribution is 5.66. The number of carboxylic acid groups (broad SMARTS) is 1. The Morgan fingerprint density at radius 2 is 1.00 bits per heavy atom. The molecule has 0 saturated carbocycles. The van der Waals surface area contributed by atoms with Crippen molar-refractivity contribution in [3.05, 3.63) is 0 Å². The first-order chi connectivity index (χ1) is 12.2. The molecule has 3 nitrogen and oxygen atoms in total. The van der Waals surface area contributed by atoms with Gasteiger partial charge in [0, 0.05) is 6.42 Å². The Morgan fingerprint density at radius 1 is 0.640 bits per heavy atom. The average molecular weight is 357 g/mol. The van der Waals surface area contributed by atoms with Crippen LogP contribution in [-0.2, 0) is 4.79 Å². The van der Waals surface area contributed by atoms with E-state index in [4.69, 9.17) is 5.11 Å². The Bertz CT molecular complexity index is 278. The van der Waals surface area contributed by atoms with Crippen molar-refractivity contribution in [2.24, 2.45) is 0 Å². The molecule has 0 rings (SSSR count). The number of unbranched alkanes of at least 4 members (excludes halogenated alkanes) is 14. The Kier molecular flexibility index (Phi) is 19.3. The third-order valence-electron chi connectivity index (χ3n) is 5.07. The van der Waals surface area contributed by atoms with Gasteiger partial charge in [0.15, 0.2) is 0 Å². The number of hydrogen-bond acceptors (Lipinski definition) is 2. The zero-order valence-corrected chi connectivity index (χ0v) is 16.8. The molecule has 1 unspecified atom stereocenters. The highest BCUT2D eigenvalue weighted by Gasteiger charge is 2.05. The Hall–Kier alpha value is -0.570. The van der Waals surface area contributed by atoms with Crippen LogP contribution in [0, 0.1) is 0 Å². The molecule has 0 aliphatic carbocycles. The van der Waals surface area contributed by atoms with Crippen LogP contribution in [0.5, 0.6) is 0 Å². The summed E-state index contributed by atoms with van der Waals surface area (Å²) in [6, 6.07) is 0. The quantitative estimate of drug-likeness (QED) is 0.234. The zero-order chi connectivity index (χ0) is 18.6. The number of aliphatic carboxylic acids is 1. The van der Waals surface area contributed by atoms with E-state index in [9.17, 15) is 9.90 Å². The van der Waals surface area contributed by atoms with Gasteiger partial charge in [-0.15, -0.1) is 0 Å². The minimum atomic E-state index is -0.765. The first-order valence-electron chi connectivity index (χ1n) is 11.1. The van der Waals surface area contributed by atoms with E-state index in [-0.39, 0.29) is 12.5 Å². The maximum absolute atomic E-state index is 10.4. The van der Waals surface area contributed by atoms with Gasteiger partial charge < -0.3 is 10.2 Å². The summed E-state index contributed by atoms with van der Waals surface area (Å²) in [4.78, 5) is 10.4. The summed E-state index contributed by atoms with van der Waals surface area (Å²) in [5, 5.41) is 18.3. The SMILES string of the molecule is CCCCCCCCCCCCCCCCCC(O)CCCC(=O)O. The first-order valence-corrected chi connectivity index (χ1v) is 11.1. The molecule has 3 heteroatoms. The van der Waals surface area contributed by atoms with E-state index < -0.39 is 5.97 Å². The highest BCUT2D eigenvalue weighted by Crippen LogP contribution is 2.15. The van der Waals surface area contributed by atoms with Gasteiger partial charge in [-0.25, -0.2) is 0 Å². The lowest BCUT2D eigenvalue weighted by atomic mass is 10.0. The predicted octanol–water partition coefficient (Wildman–Crippen LogP) is 6.86. The molecule has 2 N–H and O–H groups in total. The maximum atomic E-state index is 10.4. The van der Waals surface area contributed by atoms with Crippen LogP contribution in [0.4, 0.5) is 0 Å². The summed E-state index contributed by atoms with van der Waals surface area (Å²) in [6.07, 6.45) is 22.3. The van der Waals surface area contributed by atoms with Gasteiger partial charge in [0.2, 0.25) is 0 Å². The average Bonchev–Trinajstić information content (AvgIpc) is 2.58. The third-order valence-corrected chi connectivity index (χ3v) is 5.07. The lowest BCUT2D eigenvalue weighted by Gasteiger charge is -2.09. The van der Waals surface area contributed by atoms with Crippen molar-refractivity contribution in [3.8, 4) is 0 Å². The minimum Gasteiger partial charge on any atom is -0.481 e. The van der Waals surface area contributed by atoms with E-state index in [1.165, 1.54) is 89.9 Å². The molecule has 0 aromatic rings. The van der Waals surface area contributed by atoms with Gasteiger partial charge in [0.25, 0.3) is 0 Å². The lowest BCUT2D eigenvalue weighted by molar-refractivity contribution is -0.137. The highest BCUT2D eigenvalue weighted by atomic mass is 16.4. The van der Waals surface area contributed by atoms with Gasteiger partial charge >= 0.3 is 5.97 Å². The van der Waals surface area contributed by atoms with E-state index in [2.05, 4.69) is 6.92 Å². The second-order valence-electron chi connectivity index (χ2n) is 7.68. The van der Waals surface area contributed by atoms with Crippen LogP contribution in [-0.4, -0.2) is 22.3 Å². The van der Waals surface area contributed by atoms with Gasteiger partial charge in [0.05, 0.1) is 6.10 Å². The summed E-state index contributed by atoms with van der Waals surface area (Å²) in [5.74, 6) is -0.765. The minimum absolute atomic E-state index is 0.177. The first kappa shape index (κ1) is 24.4. The molecule has 0 radical (unpaired) electrons. The van der Waals surface area contributed by atoms with Gasteiger partial charge in [-0.2, -0.15) is 0 Å². The Morgan fingerprint density at radius 3 is 1.40 bits per heavy atom. The van der Waals surface area contributed by atoms with E-state index >= 15 is 0 Å². The van der Waals surface area contributed by atoms with Crippen LogP contribution in [0.25, 0.3) is 0 Å². The smallest absolute Gasteiger partial charge is 0.303 e. The summed E-state index contributed by atoms with van der Waals surface area (Å²) >= 11 is 0. The van der Waals surface area contributed by atoms with E-state index in [1.807, 2.05) is 0 Å². The van der Waals surface area contributed by atoms with Crippen molar-refractivity contribution in [2.45, 2.75) is 135 Å². The standard InChI is InChI=1S/C22H44O3/c1-2-3-4-5-6-7-8-9-10-11-12-13-14-15-16-18-21(23)19-17-20-22(24)25/h21,23H,2-20H2,1H3,(H,24,25). The molecule has 0 spiro atoms. The van der Waals surface area contributed by atoms with E-state index in [1.54, 1.807) is 0 Å². The van der Waals surface area contributed by atoms with Crippen LogP contribution >= 0.6 is 0 Å². The summed E-state index contributed by atoms with van der Waals surface area (Å²) in [5.41, 5.74) is 0. The van der Waals surface area contributed by atoms with Crippen LogP contribution in [0.15, 0.2) is 0 Å². The monoisotopic (exact) mass is 356 g/mol. The molecule has 0 aliphatic heterocycles. The summed E-state index contributed by atoms with van der Waals surface area (Å²) in [7, 11) is 0. The molecular formula is C22H44O3. The molecular weight excluding hydrogens is 312 g/mol. The molecule has 1 atom stereocenters. The Balaban J connectivity index is 3.10. The van der Waals surface area contributed by atoms with Crippen molar-refractivity contribution in [2.75, 3.05) is 0 Å². The molecule has 0 aromatic carbocycles. The molecule has 0 bridgehead atoms.